The molecule has 13 heteroatoms. The van der Waals surface area contributed by atoms with Gasteiger partial charge in [-0.25, -0.2) is 32.2 Å². The normalized spacial score (nSPS) is 23.8. The molecule has 194 valence electrons. The van der Waals surface area contributed by atoms with Crippen LogP contribution in [-0.4, -0.2) is 45.5 Å². The van der Waals surface area contributed by atoms with Crippen molar-refractivity contribution in [1.29, 1.82) is 0 Å². The SMILES string of the molecule is C#CCOc1cnc2c(Nc3cc(F)c(F)c([C@@]4(C)N=C(N)S[C@](C)(S(C)(=O)=O)[C@H]4C)c3)nccc2n1. The Morgan fingerprint density at radius 1 is 1.30 bits per heavy atom. The number of aromatic nitrogens is 3. The average molecular weight is 547 g/mol. The lowest BCUT2D eigenvalue weighted by Gasteiger charge is -2.46. The van der Waals surface area contributed by atoms with E-state index in [1.165, 1.54) is 32.3 Å². The Bertz CT molecular complexity index is 1580. The molecule has 1 aliphatic heterocycles. The number of terminal acetylenes is 1. The van der Waals surface area contributed by atoms with Crippen LogP contribution in [0.5, 0.6) is 5.88 Å². The first kappa shape index (κ1) is 26.6. The Hall–Kier alpha value is -3.50. The zero-order chi connectivity index (χ0) is 27.2. The molecular formula is C24H24F2N6O3S2. The molecule has 0 radical (unpaired) electrons. The first-order valence-corrected chi connectivity index (χ1v) is 13.7. The number of fused-ring (bicyclic) bond motifs is 1. The van der Waals surface area contributed by atoms with Crippen molar-refractivity contribution in [1.82, 2.24) is 15.0 Å². The predicted octanol–water partition coefficient (Wildman–Crippen LogP) is 3.73. The van der Waals surface area contributed by atoms with Gasteiger partial charge in [0.25, 0.3) is 0 Å². The Balaban J connectivity index is 1.79. The molecule has 4 rings (SSSR count). The van der Waals surface area contributed by atoms with E-state index in [-0.39, 0.29) is 34.7 Å². The molecule has 0 saturated heterocycles. The zero-order valence-electron chi connectivity index (χ0n) is 20.4. The van der Waals surface area contributed by atoms with Crippen molar-refractivity contribution in [3.63, 3.8) is 0 Å². The second-order valence-corrected chi connectivity index (χ2v) is 13.0. The summed E-state index contributed by atoms with van der Waals surface area (Å²) in [6.07, 6.45) is 9.12. The van der Waals surface area contributed by atoms with Crippen molar-refractivity contribution >= 4 is 49.3 Å². The van der Waals surface area contributed by atoms with E-state index in [9.17, 15) is 12.8 Å². The van der Waals surface area contributed by atoms with Gasteiger partial charge >= 0.3 is 0 Å². The Kier molecular flexibility index (Phi) is 6.76. The third-order valence-electron chi connectivity index (χ3n) is 6.59. The number of thioether (sulfide) groups is 1. The van der Waals surface area contributed by atoms with Gasteiger partial charge in [-0.15, -0.1) is 6.42 Å². The lowest BCUT2D eigenvalue weighted by Crippen LogP contribution is -2.52. The minimum atomic E-state index is -3.68. The number of pyridine rings is 1. The number of nitrogens with one attached hydrogen (secondary N) is 1. The molecule has 3 N–H and O–H groups in total. The fraction of sp³-hybridized carbons (Fsp3) is 0.333. The van der Waals surface area contributed by atoms with Gasteiger partial charge in [0.15, 0.2) is 39.1 Å². The van der Waals surface area contributed by atoms with Gasteiger partial charge in [0.05, 0.1) is 17.3 Å². The summed E-state index contributed by atoms with van der Waals surface area (Å²) < 4.78 is 59.4. The number of nitrogens with zero attached hydrogens (tertiary/aromatic N) is 4. The molecule has 9 nitrogen and oxygen atoms in total. The van der Waals surface area contributed by atoms with Crippen LogP contribution in [0.25, 0.3) is 11.0 Å². The standard InChI is InChI=1S/C24H24F2N6O3S2/c1-6-9-35-18-12-29-20-17(31-18)7-8-28-21(20)30-14-10-15(19(26)16(25)11-14)23(3)13(2)24(4,37(5,33)34)36-22(27)32-23/h1,7-8,10-13H,9H2,2-5H3,(H2,27,32)(H,28,30)/t13-,23-,24+/m0/s1. The van der Waals surface area contributed by atoms with Crippen LogP contribution in [0.1, 0.15) is 26.3 Å². The number of benzene rings is 1. The van der Waals surface area contributed by atoms with E-state index in [1.54, 1.807) is 13.0 Å². The van der Waals surface area contributed by atoms with E-state index < -0.39 is 37.0 Å². The second kappa shape index (κ2) is 9.42. The summed E-state index contributed by atoms with van der Waals surface area (Å²) >= 11 is 0.887. The summed E-state index contributed by atoms with van der Waals surface area (Å²) in [5.41, 5.74) is 5.28. The highest BCUT2D eigenvalue weighted by Gasteiger charge is 2.55. The van der Waals surface area contributed by atoms with Crippen LogP contribution in [-0.2, 0) is 15.4 Å². The molecule has 2 aromatic heterocycles. The number of anilines is 2. The number of amidine groups is 1. The summed E-state index contributed by atoms with van der Waals surface area (Å²) in [4.78, 5) is 17.3. The summed E-state index contributed by atoms with van der Waals surface area (Å²) in [6.45, 7) is 4.70. The van der Waals surface area contributed by atoms with Crippen molar-refractivity contribution < 1.29 is 21.9 Å². The molecule has 0 saturated carbocycles. The molecule has 0 spiro atoms. The van der Waals surface area contributed by atoms with Crippen molar-refractivity contribution in [2.75, 3.05) is 18.2 Å². The van der Waals surface area contributed by atoms with Gasteiger partial charge in [-0.2, -0.15) is 0 Å². The van der Waals surface area contributed by atoms with Gasteiger partial charge in [-0.1, -0.05) is 24.6 Å². The summed E-state index contributed by atoms with van der Waals surface area (Å²) in [7, 11) is -3.68. The first-order chi connectivity index (χ1) is 17.3. The van der Waals surface area contributed by atoms with Gasteiger partial charge in [0, 0.05) is 35.7 Å². The van der Waals surface area contributed by atoms with E-state index in [4.69, 9.17) is 16.9 Å². The molecule has 3 heterocycles. The lowest BCUT2D eigenvalue weighted by molar-refractivity contribution is 0.289. The fourth-order valence-corrected chi connectivity index (χ4v) is 7.01. The van der Waals surface area contributed by atoms with Crippen LogP contribution in [0.15, 0.2) is 35.6 Å². The molecule has 1 aromatic carbocycles. The van der Waals surface area contributed by atoms with Crippen LogP contribution >= 0.6 is 11.8 Å². The van der Waals surface area contributed by atoms with Crippen molar-refractivity contribution in [3.8, 4) is 18.2 Å². The molecule has 0 unspecified atom stereocenters. The van der Waals surface area contributed by atoms with E-state index in [0.717, 1.165) is 24.1 Å². The Morgan fingerprint density at radius 3 is 2.70 bits per heavy atom. The van der Waals surface area contributed by atoms with E-state index in [0.29, 0.717) is 11.0 Å². The Labute approximate surface area is 217 Å². The van der Waals surface area contributed by atoms with Crippen molar-refractivity contribution in [3.05, 3.63) is 47.8 Å². The number of ether oxygens (including phenoxy) is 1. The topological polar surface area (TPSA) is 132 Å². The fourth-order valence-electron chi connectivity index (χ4n) is 4.22. The maximum absolute atomic E-state index is 15.3. The Morgan fingerprint density at radius 2 is 2.03 bits per heavy atom. The van der Waals surface area contributed by atoms with Crippen LogP contribution in [0, 0.1) is 29.9 Å². The third-order valence-corrected chi connectivity index (χ3v) is 10.6. The van der Waals surface area contributed by atoms with E-state index in [1.807, 2.05) is 0 Å². The molecule has 3 aromatic rings. The number of sulfone groups is 1. The summed E-state index contributed by atoms with van der Waals surface area (Å²) in [5, 5.41) is 2.91. The number of rotatable bonds is 6. The van der Waals surface area contributed by atoms with E-state index in [2.05, 4.69) is 31.2 Å². The van der Waals surface area contributed by atoms with Gasteiger partial charge in [0.2, 0.25) is 5.88 Å². The molecule has 1 aliphatic rings. The van der Waals surface area contributed by atoms with Crippen molar-refractivity contribution in [2.45, 2.75) is 30.4 Å². The minimum Gasteiger partial charge on any atom is -0.463 e. The third kappa shape index (κ3) is 4.67. The highest BCUT2D eigenvalue weighted by Crippen LogP contribution is 2.52. The van der Waals surface area contributed by atoms with Gasteiger partial charge < -0.3 is 15.8 Å². The molecule has 0 amide bonds. The highest BCUT2D eigenvalue weighted by molar-refractivity contribution is 8.23. The maximum atomic E-state index is 15.3. The number of hydrogen-bond donors (Lipinski definition) is 2. The number of hydrogen-bond acceptors (Lipinski definition) is 10. The number of aliphatic imine (C=N–C) groups is 1. The second-order valence-electron chi connectivity index (χ2n) is 8.88. The van der Waals surface area contributed by atoms with Crippen LogP contribution in [0.3, 0.4) is 0 Å². The van der Waals surface area contributed by atoms with Crippen LogP contribution in [0.4, 0.5) is 20.3 Å². The molecule has 0 fully saturated rings. The van der Waals surface area contributed by atoms with Gasteiger partial charge in [0.1, 0.15) is 9.60 Å². The van der Waals surface area contributed by atoms with Crippen LogP contribution < -0.4 is 15.8 Å². The highest BCUT2D eigenvalue weighted by atomic mass is 32.3. The summed E-state index contributed by atoms with van der Waals surface area (Å²) in [5.74, 6) is -0.296. The maximum Gasteiger partial charge on any atom is 0.233 e. The average Bonchev–Trinajstić information content (AvgIpc) is 2.82. The van der Waals surface area contributed by atoms with Crippen molar-refractivity contribution in [2.24, 2.45) is 16.6 Å². The first-order valence-electron chi connectivity index (χ1n) is 11.0. The lowest BCUT2D eigenvalue weighted by atomic mass is 9.78. The quantitative estimate of drug-likeness (QED) is 0.444. The molecule has 3 atom stereocenters. The molecular weight excluding hydrogens is 522 g/mol. The number of halogens is 2. The van der Waals surface area contributed by atoms with Gasteiger partial charge in [-0.05, 0) is 26.0 Å². The van der Waals surface area contributed by atoms with E-state index >= 15 is 4.39 Å². The predicted molar refractivity (Wildman–Crippen MR) is 140 cm³/mol. The zero-order valence-corrected chi connectivity index (χ0v) is 22.0. The smallest absolute Gasteiger partial charge is 0.233 e. The molecule has 0 bridgehead atoms. The minimum absolute atomic E-state index is 0.0229. The van der Waals surface area contributed by atoms with Crippen LogP contribution in [0.2, 0.25) is 0 Å². The largest absolute Gasteiger partial charge is 0.463 e. The summed E-state index contributed by atoms with van der Waals surface area (Å²) in [6, 6.07) is 3.94. The molecule has 0 aliphatic carbocycles. The molecule has 37 heavy (non-hydrogen) atoms. The van der Waals surface area contributed by atoms with Gasteiger partial charge in [-0.3, -0.25) is 4.99 Å². The number of nitrogens with two attached hydrogens (primary N) is 1. The monoisotopic (exact) mass is 546 g/mol.